The average molecular weight is 457 g/mol. The van der Waals surface area contributed by atoms with Crippen molar-refractivity contribution in [2.45, 2.75) is 44.1 Å². The summed E-state index contributed by atoms with van der Waals surface area (Å²) in [6.07, 6.45) is 0.844. The van der Waals surface area contributed by atoms with Gasteiger partial charge in [0.1, 0.15) is 17.6 Å². The van der Waals surface area contributed by atoms with Gasteiger partial charge in [0.25, 0.3) is 5.91 Å². The maximum Gasteiger partial charge on any atom is 0.490 e. The molecule has 2 aliphatic rings. The lowest BCUT2D eigenvalue weighted by Gasteiger charge is -2.38. The van der Waals surface area contributed by atoms with E-state index in [1.807, 2.05) is 17.0 Å². The number of carbonyl (C=O) groups excluding carboxylic acids is 1. The Hall–Kier alpha value is -3.15. The van der Waals surface area contributed by atoms with Gasteiger partial charge >= 0.3 is 12.1 Å². The molecule has 1 N–H and O–H groups in total. The summed E-state index contributed by atoms with van der Waals surface area (Å²) in [6, 6.07) is 5.44. The van der Waals surface area contributed by atoms with E-state index >= 15 is 0 Å². The molecule has 1 amide bonds. The second kappa shape index (κ2) is 9.55. The standard InChI is InChI=1S/C18H21N3O4.C2HF3O2/c1-13-9-16(20-25-13)17(22)21-7-4-18(5-8-21)10-15(12-23-18)24-14-3-2-6-19-11-14;3-2(4,5)1(6)7/h2-3,6,9,11,15H,4-5,7-8,10,12H2,1H3;(H,6,7). The summed E-state index contributed by atoms with van der Waals surface area (Å²) in [5.74, 6) is -1.42. The van der Waals surface area contributed by atoms with Crippen LogP contribution in [0.2, 0.25) is 0 Å². The summed E-state index contributed by atoms with van der Waals surface area (Å²) in [5.41, 5.74) is 0.183. The van der Waals surface area contributed by atoms with Crippen LogP contribution in [0, 0.1) is 6.92 Å². The van der Waals surface area contributed by atoms with Crippen LogP contribution in [0.25, 0.3) is 0 Å². The summed E-state index contributed by atoms with van der Waals surface area (Å²) < 4.78 is 48.8. The van der Waals surface area contributed by atoms with E-state index in [2.05, 4.69) is 10.1 Å². The molecule has 4 heterocycles. The van der Waals surface area contributed by atoms with Gasteiger partial charge < -0.3 is 24.0 Å². The Balaban J connectivity index is 0.000000360. The van der Waals surface area contributed by atoms with Crippen molar-refractivity contribution in [3.8, 4) is 5.75 Å². The van der Waals surface area contributed by atoms with Crippen molar-refractivity contribution >= 4 is 11.9 Å². The SMILES string of the molecule is Cc1cc(C(=O)N2CCC3(CC2)CC(Oc2cccnc2)CO3)no1.O=C(O)C(F)(F)F. The van der Waals surface area contributed by atoms with Gasteiger partial charge in [-0.2, -0.15) is 13.2 Å². The first-order valence-electron chi connectivity index (χ1n) is 9.81. The van der Waals surface area contributed by atoms with Gasteiger partial charge in [0.15, 0.2) is 5.69 Å². The van der Waals surface area contributed by atoms with Gasteiger partial charge in [-0.1, -0.05) is 5.16 Å². The second-order valence-electron chi connectivity index (χ2n) is 7.54. The monoisotopic (exact) mass is 457 g/mol. The third-order valence-corrected chi connectivity index (χ3v) is 5.16. The Labute approximate surface area is 181 Å². The first-order chi connectivity index (χ1) is 15.1. The first-order valence-corrected chi connectivity index (χ1v) is 9.81. The molecule has 12 heteroatoms. The number of likely N-dealkylation sites (tertiary alicyclic amines) is 1. The topological polar surface area (TPSA) is 115 Å². The smallest absolute Gasteiger partial charge is 0.486 e. The van der Waals surface area contributed by atoms with Crippen LogP contribution in [0.4, 0.5) is 13.2 Å². The Bertz CT molecular complexity index is 926. The Kier molecular flexibility index (Phi) is 7.02. The summed E-state index contributed by atoms with van der Waals surface area (Å²) in [4.78, 5) is 27.2. The second-order valence-corrected chi connectivity index (χ2v) is 7.54. The van der Waals surface area contributed by atoms with Crippen molar-refractivity contribution in [1.29, 1.82) is 0 Å². The van der Waals surface area contributed by atoms with Gasteiger partial charge in [-0.3, -0.25) is 9.78 Å². The van der Waals surface area contributed by atoms with E-state index in [1.54, 1.807) is 25.4 Å². The van der Waals surface area contributed by atoms with Crippen LogP contribution in [0.5, 0.6) is 5.75 Å². The van der Waals surface area contributed by atoms with Crippen LogP contribution in [0.15, 0.2) is 35.1 Å². The largest absolute Gasteiger partial charge is 0.490 e. The molecule has 0 aromatic carbocycles. The quantitative estimate of drug-likeness (QED) is 0.748. The minimum atomic E-state index is -5.08. The summed E-state index contributed by atoms with van der Waals surface area (Å²) in [6.45, 7) is 3.67. The molecule has 2 saturated heterocycles. The van der Waals surface area contributed by atoms with Crippen LogP contribution in [0.1, 0.15) is 35.5 Å². The predicted octanol–water partition coefficient (Wildman–Crippen LogP) is 2.85. The number of nitrogens with zero attached hydrogens (tertiary/aromatic N) is 3. The number of aliphatic carboxylic acids is 1. The molecule has 2 aromatic heterocycles. The van der Waals surface area contributed by atoms with Crippen LogP contribution in [0.3, 0.4) is 0 Å². The predicted molar refractivity (Wildman–Crippen MR) is 102 cm³/mol. The highest BCUT2D eigenvalue weighted by atomic mass is 19.4. The number of carbonyl (C=O) groups is 2. The molecule has 2 aromatic rings. The van der Waals surface area contributed by atoms with Crippen molar-refractivity contribution in [3.05, 3.63) is 42.0 Å². The number of hydrogen-bond donors (Lipinski definition) is 1. The fourth-order valence-electron chi connectivity index (χ4n) is 3.58. The molecular formula is C20H22F3N3O6. The molecule has 1 unspecified atom stereocenters. The van der Waals surface area contributed by atoms with Gasteiger partial charge in [0.2, 0.25) is 0 Å². The number of aromatic nitrogens is 2. The van der Waals surface area contributed by atoms with Crippen LogP contribution in [-0.4, -0.2) is 69.6 Å². The van der Waals surface area contributed by atoms with Crippen LogP contribution < -0.4 is 4.74 Å². The van der Waals surface area contributed by atoms with E-state index in [1.165, 1.54) is 0 Å². The Morgan fingerprint density at radius 3 is 2.53 bits per heavy atom. The molecule has 2 fully saturated rings. The van der Waals surface area contributed by atoms with Gasteiger partial charge in [-0.25, -0.2) is 4.79 Å². The molecule has 174 valence electrons. The molecule has 1 atom stereocenters. The van der Waals surface area contributed by atoms with E-state index in [9.17, 15) is 18.0 Å². The molecule has 0 radical (unpaired) electrons. The lowest BCUT2D eigenvalue weighted by atomic mass is 9.88. The highest BCUT2D eigenvalue weighted by Gasteiger charge is 2.44. The van der Waals surface area contributed by atoms with Crippen LogP contribution >= 0.6 is 0 Å². The van der Waals surface area contributed by atoms with E-state index in [4.69, 9.17) is 23.9 Å². The van der Waals surface area contributed by atoms with Crippen molar-refractivity contribution in [3.63, 3.8) is 0 Å². The van der Waals surface area contributed by atoms with Gasteiger partial charge in [-0.05, 0) is 31.9 Å². The number of piperidine rings is 1. The number of carboxylic acids is 1. The highest BCUT2D eigenvalue weighted by molar-refractivity contribution is 5.92. The number of rotatable bonds is 3. The van der Waals surface area contributed by atoms with E-state index in [-0.39, 0.29) is 17.6 Å². The van der Waals surface area contributed by atoms with Crippen LogP contribution in [-0.2, 0) is 9.53 Å². The number of aryl methyl sites for hydroxylation is 1. The fourth-order valence-corrected chi connectivity index (χ4v) is 3.58. The minimum absolute atomic E-state index is 0.0321. The number of halogens is 3. The van der Waals surface area contributed by atoms with E-state index < -0.39 is 12.1 Å². The summed E-state index contributed by atoms with van der Waals surface area (Å²) in [7, 11) is 0. The summed E-state index contributed by atoms with van der Waals surface area (Å²) >= 11 is 0. The molecular weight excluding hydrogens is 435 g/mol. The highest BCUT2D eigenvalue weighted by Crippen LogP contribution is 2.37. The normalized spacial score (nSPS) is 19.9. The van der Waals surface area contributed by atoms with Crippen molar-refractivity contribution in [2.24, 2.45) is 0 Å². The molecule has 1 spiro atoms. The van der Waals surface area contributed by atoms with Crippen molar-refractivity contribution in [1.82, 2.24) is 15.0 Å². The number of alkyl halides is 3. The first kappa shape index (κ1) is 23.5. The lowest BCUT2D eigenvalue weighted by molar-refractivity contribution is -0.192. The summed E-state index contributed by atoms with van der Waals surface area (Å²) in [5, 5.41) is 10.9. The van der Waals surface area contributed by atoms with Gasteiger partial charge in [-0.15, -0.1) is 0 Å². The average Bonchev–Trinajstić information content (AvgIpc) is 3.35. The third-order valence-electron chi connectivity index (χ3n) is 5.16. The number of ether oxygens (including phenoxy) is 2. The third kappa shape index (κ3) is 5.96. The molecule has 32 heavy (non-hydrogen) atoms. The van der Waals surface area contributed by atoms with E-state index in [0.29, 0.717) is 31.2 Å². The molecule has 2 aliphatic heterocycles. The van der Waals surface area contributed by atoms with Crippen molar-refractivity contribution < 1.29 is 41.9 Å². The molecule has 0 bridgehead atoms. The minimum Gasteiger partial charge on any atom is -0.486 e. The molecule has 4 rings (SSSR count). The lowest BCUT2D eigenvalue weighted by Crippen LogP contribution is -2.46. The van der Waals surface area contributed by atoms with Crippen molar-refractivity contribution in [2.75, 3.05) is 19.7 Å². The molecule has 9 nitrogen and oxygen atoms in total. The number of hydrogen-bond acceptors (Lipinski definition) is 7. The zero-order chi connectivity index (χ0) is 23.4. The number of carboxylic acid groups (broad SMARTS) is 1. The maximum absolute atomic E-state index is 12.5. The maximum atomic E-state index is 12.5. The number of amides is 1. The zero-order valence-electron chi connectivity index (χ0n) is 17.2. The Morgan fingerprint density at radius 2 is 2.00 bits per heavy atom. The van der Waals surface area contributed by atoms with Gasteiger partial charge in [0, 0.05) is 31.8 Å². The fraction of sp³-hybridized carbons (Fsp3) is 0.500. The van der Waals surface area contributed by atoms with E-state index in [0.717, 1.165) is 25.0 Å². The zero-order valence-corrected chi connectivity index (χ0v) is 17.2. The molecule has 0 aliphatic carbocycles. The number of pyridine rings is 1. The van der Waals surface area contributed by atoms with Gasteiger partial charge in [0.05, 0.1) is 18.4 Å². The molecule has 0 saturated carbocycles. The Morgan fingerprint density at radius 1 is 1.31 bits per heavy atom.